The van der Waals surface area contributed by atoms with Crippen molar-refractivity contribution in [1.29, 1.82) is 5.26 Å². The van der Waals surface area contributed by atoms with Crippen LogP contribution in [0.15, 0.2) is 27.4 Å². The van der Waals surface area contributed by atoms with Gasteiger partial charge in [0, 0.05) is 11.8 Å². The predicted octanol–water partition coefficient (Wildman–Crippen LogP) is 1.86. The van der Waals surface area contributed by atoms with E-state index in [9.17, 15) is 9.59 Å². The summed E-state index contributed by atoms with van der Waals surface area (Å²) < 4.78 is 4.90. The number of carbonyl (C=O) groups is 1. The number of amides is 1. The van der Waals surface area contributed by atoms with Gasteiger partial charge in [-0.05, 0) is 18.1 Å². The molecule has 0 aliphatic heterocycles. The lowest BCUT2D eigenvalue weighted by molar-refractivity contribution is -0.119. The number of hydrogen-bond donors (Lipinski definition) is 2. The summed E-state index contributed by atoms with van der Waals surface area (Å²) in [6.45, 7) is 3.61. The first-order valence-corrected chi connectivity index (χ1v) is 5.84. The van der Waals surface area contributed by atoms with E-state index in [4.69, 9.17) is 9.68 Å². The molecule has 0 spiro atoms. The maximum Gasteiger partial charge on any atom is 0.417 e. The van der Waals surface area contributed by atoms with Crippen LogP contribution >= 0.6 is 0 Å². The number of anilines is 1. The normalized spacial score (nSPS) is 12.3. The molecule has 0 aliphatic carbocycles. The fourth-order valence-electron chi connectivity index (χ4n) is 1.75. The highest BCUT2D eigenvalue weighted by Crippen LogP contribution is 2.18. The first-order chi connectivity index (χ1) is 9.01. The van der Waals surface area contributed by atoms with Crippen LogP contribution in [0.5, 0.6) is 0 Å². The van der Waals surface area contributed by atoms with Gasteiger partial charge >= 0.3 is 5.76 Å². The number of aromatic nitrogens is 1. The highest BCUT2D eigenvalue weighted by molar-refractivity contribution is 5.95. The van der Waals surface area contributed by atoms with E-state index in [1.54, 1.807) is 18.2 Å². The summed E-state index contributed by atoms with van der Waals surface area (Å²) >= 11 is 0. The minimum atomic E-state index is -0.714. The summed E-state index contributed by atoms with van der Waals surface area (Å²) in [6.07, 6.45) is 0. The molecule has 0 radical (unpaired) electrons. The van der Waals surface area contributed by atoms with E-state index < -0.39 is 11.7 Å². The van der Waals surface area contributed by atoms with Gasteiger partial charge in [-0.25, -0.2) is 4.79 Å². The van der Waals surface area contributed by atoms with Gasteiger partial charge in [-0.2, -0.15) is 5.26 Å². The Kier molecular flexibility index (Phi) is 3.38. The molecule has 6 nitrogen and oxygen atoms in total. The van der Waals surface area contributed by atoms with Crippen LogP contribution in [-0.4, -0.2) is 10.9 Å². The van der Waals surface area contributed by atoms with E-state index in [1.165, 1.54) is 0 Å². The summed E-state index contributed by atoms with van der Waals surface area (Å²) in [6, 6.07) is 6.78. The number of nitrogens with one attached hydrogen (secondary N) is 2. The number of nitriles is 1. The number of benzene rings is 1. The Morgan fingerprint density at radius 2 is 2.21 bits per heavy atom. The van der Waals surface area contributed by atoms with Gasteiger partial charge in [-0.3, -0.25) is 9.78 Å². The van der Waals surface area contributed by atoms with Crippen LogP contribution in [0.25, 0.3) is 11.1 Å². The second-order valence-electron chi connectivity index (χ2n) is 4.57. The van der Waals surface area contributed by atoms with Crippen molar-refractivity contribution in [2.45, 2.75) is 13.8 Å². The molecular weight excluding hydrogens is 246 g/mol. The highest BCUT2D eigenvalue weighted by Gasteiger charge is 2.21. The van der Waals surface area contributed by atoms with E-state index in [0.29, 0.717) is 16.8 Å². The van der Waals surface area contributed by atoms with E-state index in [1.807, 2.05) is 19.9 Å². The van der Waals surface area contributed by atoms with Gasteiger partial charge in [0.2, 0.25) is 5.91 Å². The molecule has 2 aromatic rings. The molecule has 2 N–H and O–H groups in total. The molecule has 0 saturated carbocycles. The van der Waals surface area contributed by atoms with Crippen LogP contribution in [0, 0.1) is 23.2 Å². The second kappa shape index (κ2) is 4.98. The quantitative estimate of drug-likeness (QED) is 0.878. The summed E-state index contributed by atoms with van der Waals surface area (Å²) in [5.74, 6) is -1.70. The van der Waals surface area contributed by atoms with Crippen LogP contribution < -0.4 is 11.1 Å². The van der Waals surface area contributed by atoms with Crippen LogP contribution in [0.2, 0.25) is 0 Å². The molecule has 1 amide bonds. The molecule has 1 unspecified atom stereocenters. The lowest BCUT2D eigenvalue weighted by Crippen LogP contribution is -2.25. The number of carbonyl (C=O) groups excluding carboxylic acids is 1. The maximum absolute atomic E-state index is 11.9. The average Bonchev–Trinajstić information content (AvgIpc) is 2.68. The fraction of sp³-hybridized carbons (Fsp3) is 0.308. The monoisotopic (exact) mass is 259 g/mol. The van der Waals surface area contributed by atoms with Gasteiger partial charge < -0.3 is 9.73 Å². The molecular formula is C13H13N3O3. The van der Waals surface area contributed by atoms with Gasteiger partial charge in [-0.1, -0.05) is 13.8 Å². The molecule has 0 bridgehead atoms. The van der Waals surface area contributed by atoms with Crippen molar-refractivity contribution >= 4 is 22.7 Å². The van der Waals surface area contributed by atoms with E-state index in [0.717, 1.165) is 0 Å². The molecule has 0 saturated heterocycles. The number of rotatable bonds is 3. The fourth-order valence-corrected chi connectivity index (χ4v) is 1.75. The minimum Gasteiger partial charge on any atom is -0.408 e. The summed E-state index contributed by atoms with van der Waals surface area (Å²) in [5, 5.41) is 11.6. The molecule has 98 valence electrons. The Morgan fingerprint density at radius 3 is 2.84 bits per heavy atom. The maximum atomic E-state index is 11.9. The Morgan fingerprint density at radius 1 is 1.47 bits per heavy atom. The third kappa shape index (κ3) is 2.65. The first-order valence-electron chi connectivity index (χ1n) is 5.84. The largest absolute Gasteiger partial charge is 0.417 e. The van der Waals surface area contributed by atoms with Crippen molar-refractivity contribution in [3.8, 4) is 6.07 Å². The Bertz CT molecular complexity index is 706. The molecule has 6 heteroatoms. The van der Waals surface area contributed by atoms with Crippen LogP contribution in [0.1, 0.15) is 13.8 Å². The molecule has 1 atom stereocenters. The third-order valence-corrected chi connectivity index (χ3v) is 2.78. The van der Waals surface area contributed by atoms with Crippen molar-refractivity contribution in [3.05, 3.63) is 28.7 Å². The Labute approximate surface area is 109 Å². The topological polar surface area (TPSA) is 98.9 Å². The van der Waals surface area contributed by atoms with Crippen LogP contribution in [0.3, 0.4) is 0 Å². The molecule has 0 fully saturated rings. The number of H-pyrrole nitrogens is 1. The van der Waals surface area contributed by atoms with Crippen molar-refractivity contribution in [2.24, 2.45) is 11.8 Å². The van der Waals surface area contributed by atoms with E-state index >= 15 is 0 Å². The molecule has 1 heterocycles. The van der Waals surface area contributed by atoms with Crippen LogP contribution in [0.4, 0.5) is 5.69 Å². The zero-order chi connectivity index (χ0) is 14.0. The summed E-state index contributed by atoms with van der Waals surface area (Å²) in [7, 11) is 0. The molecule has 19 heavy (non-hydrogen) atoms. The van der Waals surface area contributed by atoms with Crippen LogP contribution in [-0.2, 0) is 4.79 Å². The average molecular weight is 259 g/mol. The number of hydrogen-bond acceptors (Lipinski definition) is 4. The molecule has 1 aromatic carbocycles. The SMILES string of the molecule is CC(C)C(C#N)C(=O)Nc1ccc2[nH]c(=O)oc2c1. The number of nitrogens with zero attached hydrogens (tertiary/aromatic N) is 1. The predicted molar refractivity (Wildman–Crippen MR) is 69.4 cm³/mol. The van der Waals surface area contributed by atoms with Gasteiger partial charge in [0.25, 0.3) is 0 Å². The number of aromatic amines is 1. The van der Waals surface area contributed by atoms with Crippen molar-refractivity contribution < 1.29 is 9.21 Å². The van der Waals surface area contributed by atoms with E-state index in [-0.39, 0.29) is 11.8 Å². The standard InChI is InChI=1S/C13H13N3O3/c1-7(2)9(6-14)12(17)15-8-3-4-10-11(5-8)19-13(18)16-10/h3-5,7,9H,1-2H3,(H,15,17)(H,16,18). The van der Waals surface area contributed by atoms with Gasteiger partial charge in [0.1, 0.15) is 5.92 Å². The van der Waals surface area contributed by atoms with Gasteiger partial charge in [0.05, 0.1) is 11.6 Å². The van der Waals surface area contributed by atoms with E-state index in [2.05, 4.69) is 10.3 Å². The molecule has 2 rings (SSSR count). The van der Waals surface area contributed by atoms with Crippen molar-refractivity contribution in [3.63, 3.8) is 0 Å². The van der Waals surface area contributed by atoms with Crippen molar-refractivity contribution in [2.75, 3.05) is 5.32 Å². The lowest BCUT2D eigenvalue weighted by atomic mass is 9.96. The molecule has 0 aliphatic rings. The van der Waals surface area contributed by atoms with Gasteiger partial charge in [0.15, 0.2) is 5.58 Å². The Balaban J connectivity index is 2.24. The summed E-state index contributed by atoms with van der Waals surface area (Å²) in [4.78, 5) is 25.4. The summed E-state index contributed by atoms with van der Waals surface area (Å²) in [5.41, 5.74) is 1.41. The lowest BCUT2D eigenvalue weighted by Gasteiger charge is -2.12. The third-order valence-electron chi connectivity index (χ3n) is 2.78. The second-order valence-corrected chi connectivity index (χ2v) is 4.57. The number of fused-ring (bicyclic) bond motifs is 1. The highest BCUT2D eigenvalue weighted by atomic mass is 16.4. The van der Waals surface area contributed by atoms with Crippen molar-refractivity contribution in [1.82, 2.24) is 4.98 Å². The smallest absolute Gasteiger partial charge is 0.408 e. The Hall–Kier alpha value is -2.55. The molecule has 1 aromatic heterocycles. The first kappa shape index (κ1) is 12.9. The minimum absolute atomic E-state index is 0.0704. The zero-order valence-corrected chi connectivity index (χ0v) is 10.6. The zero-order valence-electron chi connectivity index (χ0n) is 10.6. The van der Waals surface area contributed by atoms with Gasteiger partial charge in [-0.15, -0.1) is 0 Å². The number of oxazole rings is 1.